The van der Waals surface area contributed by atoms with E-state index in [1.807, 2.05) is 18.2 Å². The van der Waals surface area contributed by atoms with E-state index in [0.717, 1.165) is 5.69 Å². The summed E-state index contributed by atoms with van der Waals surface area (Å²) in [4.78, 5) is 34.1. The van der Waals surface area contributed by atoms with Crippen LogP contribution >= 0.6 is 24.0 Å². The number of benzene rings is 1. The van der Waals surface area contributed by atoms with Crippen molar-refractivity contribution in [2.45, 2.75) is 6.42 Å². The molecule has 2 aromatic rings. The molecule has 1 aromatic heterocycles. The molecule has 1 aromatic carbocycles. The number of nitrogens with one attached hydrogen (secondary N) is 1. The number of amides is 2. The molecule has 0 aliphatic carbocycles. The Balaban J connectivity index is 0.00000243. The minimum Gasteiger partial charge on any atom is -0.370 e. The van der Waals surface area contributed by atoms with Gasteiger partial charge in [0.2, 0.25) is 0 Å². The summed E-state index contributed by atoms with van der Waals surface area (Å²) >= 11 is 0. The van der Waals surface area contributed by atoms with Crippen molar-refractivity contribution in [2.75, 3.05) is 19.6 Å². The van der Waals surface area contributed by atoms with Gasteiger partial charge in [-0.15, -0.1) is 24.0 Å². The first-order chi connectivity index (χ1) is 12.2. The highest BCUT2D eigenvalue weighted by atomic mass is 127. The van der Waals surface area contributed by atoms with E-state index >= 15 is 0 Å². The van der Waals surface area contributed by atoms with Gasteiger partial charge in [-0.1, -0.05) is 18.2 Å². The van der Waals surface area contributed by atoms with Crippen molar-refractivity contribution in [3.05, 3.63) is 65.5 Å². The summed E-state index contributed by atoms with van der Waals surface area (Å²) in [5.74, 6) is -0.256. The maximum Gasteiger partial charge on any atom is 0.261 e. The Labute approximate surface area is 168 Å². The lowest BCUT2D eigenvalue weighted by molar-refractivity contribution is 0.0657. The number of pyridine rings is 1. The molecule has 0 fully saturated rings. The van der Waals surface area contributed by atoms with Gasteiger partial charge < -0.3 is 11.1 Å². The van der Waals surface area contributed by atoms with Crippen molar-refractivity contribution in [2.24, 2.45) is 10.7 Å². The number of hydrogen-bond donors (Lipinski definition) is 2. The highest BCUT2D eigenvalue weighted by molar-refractivity contribution is 14.0. The quantitative estimate of drug-likeness (QED) is 0.291. The third kappa shape index (κ3) is 4.57. The summed E-state index contributed by atoms with van der Waals surface area (Å²) in [7, 11) is 0. The van der Waals surface area contributed by atoms with E-state index in [-0.39, 0.29) is 48.3 Å². The zero-order valence-corrected chi connectivity index (χ0v) is 16.4. The number of halogens is 1. The van der Waals surface area contributed by atoms with Crippen LogP contribution in [0.5, 0.6) is 0 Å². The van der Waals surface area contributed by atoms with Gasteiger partial charge in [-0.25, -0.2) is 0 Å². The molecule has 8 heteroatoms. The van der Waals surface area contributed by atoms with E-state index in [0.29, 0.717) is 30.6 Å². The number of nitrogens with two attached hydrogens (primary N) is 1. The molecule has 3 rings (SSSR count). The van der Waals surface area contributed by atoms with Gasteiger partial charge in [-0.05, 0) is 24.3 Å². The molecule has 1 aliphatic rings. The van der Waals surface area contributed by atoms with Gasteiger partial charge in [0.05, 0.1) is 11.1 Å². The number of carbonyl (C=O) groups excluding carboxylic acids is 2. The van der Waals surface area contributed by atoms with E-state index in [2.05, 4.69) is 15.3 Å². The summed E-state index contributed by atoms with van der Waals surface area (Å²) in [6, 6.07) is 12.5. The number of imide groups is 1. The first kappa shape index (κ1) is 19.8. The topological polar surface area (TPSA) is 101 Å². The molecule has 0 bridgehead atoms. The first-order valence-corrected chi connectivity index (χ1v) is 8.06. The summed E-state index contributed by atoms with van der Waals surface area (Å²) in [6.07, 6.45) is 2.43. The number of fused-ring (bicyclic) bond motifs is 1. The molecule has 0 saturated heterocycles. The van der Waals surface area contributed by atoms with Crippen LogP contribution in [0.4, 0.5) is 0 Å². The minimum absolute atomic E-state index is 0. The summed E-state index contributed by atoms with van der Waals surface area (Å²) in [6.45, 7) is 1.11. The van der Waals surface area contributed by atoms with E-state index in [9.17, 15) is 9.59 Å². The smallest absolute Gasteiger partial charge is 0.261 e. The SMILES string of the molecule is I.NC(=NCCc1ccccn1)NCCN1C(=O)c2ccccc2C1=O. The molecule has 0 radical (unpaired) electrons. The van der Waals surface area contributed by atoms with Crippen LogP contribution in [0.2, 0.25) is 0 Å². The lowest BCUT2D eigenvalue weighted by Gasteiger charge is -2.14. The van der Waals surface area contributed by atoms with Gasteiger partial charge in [0, 0.05) is 37.9 Å². The van der Waals surface area contributed by atoms with Crippen molar-refractivity contribution in [3.8, 4) is 0 Å². The largest absolute Gasteiger partial charge is 0.370 e. The maximum absolute atomic E-state index is 12.2. The zero-order chi connectivity index (χ0) is 17.6. The monoisotopic (exact) mass is 465 g/mol. The van der Waals surface area contributed by atoms with Crippen LogP contribution in [0.25, 0.3) is 0 Å². The fraction of sp³-hybridized carbons (Fsp3) is 0.222. The van der Waals surface area contributed by atoms with Gasteiger partial charge in [0.15, 0.2) is 5.96 Å². The lowest BCUT2D eigenvalue weighted by Crippen LogP contribution is -2.40. The number of carbonyl (C=O) groups is 2. The van der Waals surface area contributed by atoms with Gasteiger partial charge >= 0.3 is 0 Å². The van der Waals surface area contributed by atoms with E-state index in [1.165, 1.54) is 4.90 Å². The Morgan fingerprint density at radius 1 is 1.08 bits per heavy atom. The Bertz CT molecular complexity index is 775. The van der Waals surface area contributed by atoms with E-state index in [4.69, 9.17) is 5.73 Å². The van der Waals surface area contributed by atoms with Gasteiger partial charge in [-0.2, -0.15) is 0 Å². The average molecular weight is 465 g/mol. The highest BCUT2D eigenvalue weighted by Gasteiger charge is 2.34. The van der Waals surface area contributed by atoms with Crippen molar-refractivity contribution < 1.29 is 9.59 Å². The molecule has 3 N–H and O–H groups in total. The molecule has 0 saturated carbocycles. The molecule has 26 heavy (non-hydrogen) atoms. The highest BCUT2D eigenvalue weighted by Crippen LogP contribution is 2.21. The Morgan fingerprint density at radius 2 is 1.73 bits per heavy atom. The predicted molar refractivity (Wildman–Crippen MR) is 110 cm³/mol. The first-order valence-electron chi connectivity index (χ1n) is 8.06. The number of aromatic nitrogens is 1. The molecule has 0 spiro atoms. The number of hydrogen-bond acceptors (Lipinski definition) is 4. The molecular weight excluding hydrogens is 445 g/mol. The fourth-order valence-corrected chi connectivity index (χ4v) is 2.63. The minimum atomic E-state index is -0.270. The number of aliphatic imine (C=N–C) groups is 1. The number of nitrogens with zero attached hydrogens (tertiary/aromatic N) is 3. The fourth-order valence-electron chi connectivity index (χ4n) is 2.63. The summed E-state index contributed by atoms with van der Waals surface area (Å²) in [5.41, 5.74) is 7.65. The van der Waals surface area contributed by atoms with Crippen LogP contribution in [0.3, 0.4) is 0 Å². The third-order valence-corrected chi connectivity index (χ3v) is 3.90. The van der Waals surface area contributed by atoms with Crippen LogP contribution in [-0.4, -0.2) is 47.3 Å². The maximum atomic E-state index is 12.2. The van der Waals surface area contributed by atoms with Crippen LogP contribution < -0.4 is 11.1 Å². The van der Waals surface area contributed by atoms with Crippen LogP contribution in [0.1, 0.15) is 26.4 Å². The lowest BCUT2D eigenvalue weighted by atomic mass is 10.1. The van der Waals surface area contributed by atoms with E-state index in [1.54, 1.807) is 30.5 Å². The van der Waals surface area contributed by atoms with Gasteiger partial charge in [0.25, 0.3) is 11.8 Å². The van der Waals surface area contributed by atoms with Crippen LogP contribution in [0.15, 0.2) is 53.7 Å². The number of rotatable bonds is 6. The van der Waals surface area contributed by atoms with E-state index < -0.39 is 0 Å². The van der Waals surface area contributed by atoms with Crippen LogP contribution in [0, 0.1) is 0 Å². The zero-order valence-electron chi connectivity index (χ0n) is 14.1. The van der Waals surface area contributed by atoms with Crippen molar-refractivity contribution >= 4 is 41.8 Å². The van der Waals surface area contributed by atoms with Crippen molar-refractivity contribution in [3.63, 3.8) is 0 Å². The number of guanidine groups is 1. The van der Waals surface area contributed by atoms with Gasteiger partial charge in [-0.3, -0.25) is 24.5 Å². The molecule has 7 nitrogen and oxygen atoms in total. The molecule has 0 atom stereocenters. The molecule has 2 amide bonds. The van der Waals surface area contributed by atoms with Gasteiger partial charge in [0.1, 0.15) is 0 Å². The molecule has 2 heterocycles. The third-order valence-electron chi connectivity index (χ3n) is 3.90. The molecule has 1 aliphatic heterocycles. The Hall–Kier alpha value is -2.49. The second-order valence-electron chi connectivity index (χ2n) is 5.57. The second kappa shape index (κ2) is 9.27. The average Bonchev–Trinajstić information content (AvgIpc) is 2.88. The Kier molecular flexibility index (Phi) is 7.07. The second-order valence-corrected chi connectivity index (χ2v) is 5.57. The van der Waals surface area contributed by atoms with Crippen molar-refractivity contribution in [1.82, 2.24) is 15.2 Å². The molecule has 0 unspecified atom stereocenters. The normalized spacial score (nSPS) is 13.4. The Morgan fingerprint density at radius 3 is 2.35 bits per heavy atom. The van der Waals surface area contributed by atoms with Crippen molar-refractivity contribution in [1.29, 1.82) is 0 Å². The molecule has 136 valence electrons. The predicted octanol–water partition coefficient (Wildman–Crippen LogP) is 1.44. The summed E-state index contributed by atoms with van der Waals surface area (Å²) < 4.78 is 0. The molecular formula is C18H20IN5O2. The van der Waals surface area contributed by atoms with Crippen LogP contribution in [-0.2, 0) is 6.42 Å². The summed E-state index contributed by atoms with van der Waals surface area (Å²) in [5, 5.41) is 2.92. The standard InChI is InChI=1S/C18H19N5O2.HI/c19-18(21-10-8-13-5-3-4-9-20-13)22-11-12-23-16(24)14-6-1-2-7-15(14)17(23)25;/h1-7,9H,8,10-12H2,(H3,19,21,22);1H.